The van der Waals surface area contributed by atoms with Crippen molar-refractivity contribution in [2.24, 2.45) is 0 Å². The van der Waals surface area contributed by atoms with Crippen LogP contribution in [0.1, 0.15) is 12.0 Å². The van der Waals surface area contributed by atoms with Gasteiger partial charge in [0, 0.05) is 6.20 Å². The van der Waals surface area contributed by atoms with Gasteiger partial charge in [-0.1, -0.05) is 0 Å². The number of alkyl halides is 2. The van der Waals surface area contributed by atoms with Gasteiger partial charge in [-0.2, -0.15) is 0 Å². The third-order valence-electron chi connectivity index (χ3n) is 1.55. The molecule has 0 aromatic carbocycles. The summed E-state index contributed by atoms with van der Waals surface area (Å²) in [7, 11) is 1.28. The number of rotatable bonds is 2. The van der Waals surface area contributed by atoms with Crippen molar-refractivity contribution in [2.45, 2.75) is 6.43 Å². The highest BCUT2D eigenvalue weighted by Crippen LogP contribution is 2.19. The van der Waals surface area contributed by atoms with E-state index in [1.165, 1.54) is 7.11 Å². The third kappa shape index (κ3) is 1.61. The molecule has 6 heteroatoms. The Morgan fingerprint density at radius 3 is 2.69 bits per heavy atom. The Bertz CT molecular complexity index is 362. The van der Waals surface area contributed by atoms with Gasteiger partial charge in [-0.15, -0.1) is 0 Å². The second-order valence-corrected chi connectivity index (χ2v) is 2.32. The number of nitrogens with one attached hydrogen (secondary N) is 1. The minimum absolute atomic E-state index is 0.00519. The Kier molecular flexibility index (Phi) is 2.50. The van der Waals surface area contributed by atoms with Gasteiger partial charge >= 0.3 is 0 Å². The number of ether oxygens (including phenoxy) is 1. The maximum absolute atomic E-state index is 12.1. The zero-order chi connectivity index (χ0) is 10.0. The molecule has 0 amide bonds. The minimum Gasteiger partial charge on any atom is -0.481 e. The van der Waals surface area contributed by atoms with E-state index in [1.807, 2.05) is 0 Å². The van der Waals surface area contributed by atoms with Gasteiger partial charge in [-0.05, 0) is 0 Å². The van der Waals surface area contributed by atoms with Gasteiger partial charge in [0.1, 0.15) is 5.69 Å². The van der Waals surface area contributed by atoms with E-state index < -0.39 is 17.4 Å². The van der Waals surface area contributed by atoms with E-state index >= 15 is 0 Å². The van der Waals surface area contributed by atoms with Crippen LogP contribution in [0.4, 0.5) is 14.5 Å². The lowest BCUT2D eigenvalue weighted by molar-refractivity contribution is 0.149. The molecule has 0 fully saturated rings. The number of hydrogen-bond donors (Lipinski definition) is 2. The molecule has 0 saturated carbocycles. The van der Waals surface area contributed by atoms with Crippen molar-refractivity contribution in [1.29, 1.82) is 0 Å². The number of H-pyrrole nitrogens is 1. The molecule has 72 valence electrons. The quantitative estimate of drug-likeness (QED) is 0.728. The first-order valence-corrected chi connectivity index (χ1v) is 3.41. The Balaban J connectivity index is 3.32. The Hall–Kier alpha value is -1.59. The fourth-order valence-corrected chi connectivity index (χ4v) is 0.876. The van der Waals surface area contributed by atoms with Gasteiger partial charge in [0.25, 0.3) is 6.43 Å². The lowest BCUT2D eigenvalue weighted by atomic mass is 10.2. The second kappa shape index (κ2) is 3.42. The van der Waals surface area contributed by atoms with Gasteiger partial charge in [0.15, 0.2) is 0 Å². The van der Waals surface area contributed by atoms with Crippen molar-refractivity contribution in [3.63, 3.8) is 0 Å². The number of anilines is 1. The van der Waals surface area contributed by atoms with Crippen LogP contribution < -0.4 is 15.9 Å². The van der Waals surface area contributed by atoms with Crippen LogP contribution in [0.2, 0.25) is 0 Å². The van der Waals surface area contributed by atoms with E-state index in [1.54, 1.807) is 0 Å². The zero-order valence-corrected chi connectivity index (χ0v) is 6.80. The van der Waals surface area contributed by atoms with Gasteiger partial charge in [-0.25, -0.2) is 8.78 Å². The summed E-state index contributed by atoms with van der Waals surface area (Å²) in [4.78, 5) is 13.4. The molecule has 3 N–H and O–H groups in total. The molecule has 13 heavy (non-hydrogen) atoms. The smallest absolute Gasteiger partial charge is 0.269 e. The molecule has 1 rings (SSSR count). The molecule has 0 saturated heterocycles. The molecule has 0 aliphatic rings. The molecule has 0 bridgehead atoms. The molecule has 0 aliphatic carbocycles. The van der Waals surface area contributed by atoms with E-state index in [2.05, 4.69) is 9.72 Å². The number of nitrogens with two attached hydrogens (primary N) is 1. The SMILES string of the molecule is COc1[nH]cc(C(F)F)c(=O)c1N. The first-order chi connectivity index (χ1) is 6.07. The largest absolute Gasteiger partial charge is 0.481 e. The van der Waals surface area contributed by atoms with Crippen molar-refractivity contribution < 1.29 is 13.5 Å². The van der Waals surface area contributed by atoms with Crippen molar-refractivity contribution in [2.75, 3.05) is 12.8 Å². The first kappa shape index (κ1) is 9.50. The molecule has 0 radical (unpaired) electrons. The van der Waals surface area contributed by atoms with E-state index in [0.717, 1.165) is 6.20 Å². The molecule has 1 heterocycles. The summed E-state index contributed by atoms with van der Waals surface area (Å²) in [5.41, 5.74) is 3.34. The van der Waals surface area contributed by atoms with Crippen molar-refractivity contribution in [3.8, 4) is 5.88 Å². The van der Waals surface area contributed by atoms with Crippen LogP contribution in [0.3, 0.4) is 0 Å². The number of aromatic amines is 1. The number of pyridine rings is 1. The van der Waals surface area contributed by atoms with Gasteiger partial charge in [-0.3, -0.25) is 4.79 Å². The number of aromatic nitrogens is 1. The van der Waals surface area contributed by atoms with Crippen molar-refractivity contribution >= 4 is 5.69 Å². The monoisotopic (exact) mass is 190 g/mol. The number of hydrogen-bond acceptors (Lipinski definition) is 3. The molecule has 1 aromatic heterocycles. The summed E-state index contributed by atoms with van der Waals surface area (Å²) in [6.45, 7) is 0. The Labute approximate surface area is 72.3 Å². The van der Waals surface area contributed by atoms with Crippen LogP contribution in [0.25, 0.3) is 0 Å². The van der Waals surface area contributed by atoms with Crippen LogP contribution >= 0.6 is 0 Å². The number of halogens is 2. The van der Waals surface area contributed by atoms with Crippen LogP contribution in [0.15, 0.2) is 11.0 Å². The molecule has 0 unspecified atom stereocenters. The average Bonchev–Trinajstić information content (AvgIpc) is 2.09. The molecular weight excluding hydrogens is 182 g/mol. The summed E-state index contributed by atoms with van der Waals surface area (Å²) in [5, 5.41) is 0. The summed E-state index contributed by atoms with van der Waals surface area (Å²) >= 11 is 0. The normalized spacial score (nSPS) is 10.5. The third-order valence-corrected chi connectivity index (χ3v) is 1.55. The van der Waals surface area contributed by atoms with Gasteiger partial charge in [0.05, 0.1) is 12.7 Å². The maximum atomic E-state index is 12.1. The second-order valence-electron chi connectivity index (χ2n) is 2.32. The van der Waals surface area contributed by atoms with E-state index in [-0.39, 0.29) is 11.6 Å². The maximum Gasteiger partial charge on any atom is 0.269 e. The van der Waals surface area contributed by atoms with Crippen LogP contribution in [-0.2, 0) is 0 Å². The molecule has 1 aromatic rings. The van der Waals surface area contributed by atoms with E-state index in [0.29, 0.717) is 0 Å². The fourth-order valence-electron chi connectivity index (χ4n) is 0.876. The molecule has 4 nitrogen and oxygen atoms in total. The standard InChI is InChI=1S/C7H8F2N2O2/c1-13-7-4(10)5(12)3(2-11-7)6(8)9/h2,6H,10H2,1H3,(H,11,12). The van der Waals surface area contributed by atoms with Crippen LogP contribution in [0.5, 0.6) is 5.88 Å². The Morgan fingerprint density at radius 1 is 1.62 bits per heavy atom. The van der Waals surface area contributed by atoms with E-state index in [4.69, 9.17) is 5.73 Å². The highest BCUT2D eigenvalue weighted by molar-refractivity contribution is 5.49. The lowest BCUT2D eigenvalue weighted by Crippen LogP contribution is -2.16. The van der Waals surface area contributed by atoms with Crippen LogP contribution in [-0.4, -0.2) is 12.1 Å². The van der Waals surface area contributed by atoms with Gasteiger partial charge < -0.3 is 15.5 Å². The number of nitrogen functional groups attached to an aromatic ring is 1. The van der Waals surface area contributed by atoms with Crippen LogP contribution in [0, 0.1) is 0 Å². The topological polar surface area (TPSA) is 68.1 Å². The molecular formula is C7H8F2N2O2. The number of methoxy groups -OCH3 is 1. The zero-order valence-electron chi connectivity index (χ0n) is 6.80. The predicted molar refractivity (Wildman–Crippen MR) is 43.0 cm³/mol. The van der Waals surface area contributed by atoms with E-state index in [9.17, 15) is 13.6 Å². The predicted octanol–water partition coefficient (Wildman–Crippen LogP) is 0.903. The Morgan fingerprint density at radius 2 is 2.23 bits per heavy atom. The fraction of sp³-hybridized carbons (Fsp3) is 0.286. The molecule has 0 spiro atoms. The summed E-state index contributed by atoms with van der Waals surface area (Å²) < 4.78 is 28.9. The summed E-state index contributed by atoms with van der Waals surface area (Å²) in [5.74, 6) is -0.00519. The average molecular weight is 190 g/mol. The molecule has 0 atom stereocenters. The highest BCUT2D eigenvalue weighted by atomic mass is 19.3. The summed E-state index contributed by atoms with van der Waals surface area (Å²) in [6.07, 6.45) is -1.95. The van der Waals surface area contributed by atoms with Gasteiger partial charge in [0.2, 0.25) is 11.3 Å². The highest BCUT2D eigenvalue weighted by Gasteiger charge is 2.16. The summed E-state index contributed by atoms with van der Waals surface area (Å²) in [6, 6.07) is 0. The lowest BCUT2D eigenvalue weighted by Gasteiger charge is -2.05. The molecule has 0 aliphatic heterocycles. The minimum atomic E-state index is -2.84. The first-order valence-electron chi connectivity index (χ1n) is 3.41. The van der Waals surface area contributed by atoms with Crippen molar-refractivity contribution in [3.05, 3.63) is 22.0 Å². The van der Waals surface area contributed by atoms with Crippen molar-refractivity contribution in [1.82, 2.24) is 4.98 Å².